The van der Waals surface area contributed by atoms with Gasteiger partial charge in [0.25, 0.3) is 0 Å². The molecule has 1 aromatic carbocycles. The van der Waals surface area contributed by atoms with E-state index in [9.17, 15) is 4.79 Å². The van der Waals surface area contributed by atoms with Crippen molar-refractivity contribution in [3.8, 4) is 11.1 Å². The largest absolute Gasteiger partial charge is 0.383 e. The minimum absolute atomic E-state index is 0.181. The molecule has 3 N–H and O–H groups in total. The zero-order valence-electron chi connectivity index (χ0n) is 18.0. The highest BCUT2D eigenvalue weighted by Crippen LogP contribution is 2.44. The maximum atomic E-state index is 12.0. The molecule has 5 rings (SSSR count). The number of nitrogen functional groups attached to an aromatic ring is 1. The van der Waals surface area contributed by atoms with Gasteiger partial charge in [-0.3, -0.25) is 9.78 Å². The third-order valence-electron chi connectivity index (χ3n) is 5.92. The van der Waals surface area contributed by atoms with Crippen molar-refractivity contribution in [2.24, 2.45) is 5.92 Å². The minimum Gasteiger partial charge on any atom is -0.383 e. The van der Waals surface area contributed by atoms with Crippen LogP contribution in [-0.2, 0) is 11.3 Å². The van der Waals surface area contributed by atoms with E-state index in [0.717, 1.165) is 44.3 Å². The van der Waals surface area contributed by atoms with Gasteiger partial charge in [0.15, 0.2) is 0 Å². The summed E-state index contributed by atoms with van der Waals surface area (Å²) in [5.41, 5.74) is 12.2. The fraction of sp³-hybridized carbons (Fsp3) is 0.200. The van der Waals surface area contributed by atoms with E-state index < -0.39 is 0 Å². The molecule has 1 aliphatic rings. The molecule has 0 bridgehead atoms. The van der Waals surface area contributed by atoms with Crippen LogP contribution < -0.4 is 11.1 Å². The zero-order valence-corrected chi connectivity index (χ0v) is 18.0. The molecule has 7 heteroatoms. The van der Waals surface area contributed by atoms with Crippen molar-refractivity contribution in [3.05, 3.63) is 67.3 Å². The van der Waals surface area contributed by atoms with Gasteiger partial charge < -0.3 is 15.6 Å². The number of pyridine rings is 1. The number of nitrogens with two attached hydrogens (primary N) is 1. The summed E-state index contributed by atoms with van der Waals surface area (Å²) >= 11 is 0. The molecule has 3 aromatic heterocycles. The maximum absolute atomic E-state index is 12.0. The van der Waals surface area contributed by atoms with Crippen molar-refractivity contribution in [1.82, 2.24) is 24.8 Å². The Morgan fingerprint density at radius 2 is 2.09 bits per heavy atom. The lowest BCUT2D eigenvalue weighted by molar-refractivity contribution is -0.116. The number of nitrogens with one attached hydrogen (secondary N) is 1. The van der Waals surface area contributed by atoms with Crippen molar-refractivity contribution < 1.29 is 4.79 Å². The first-order chi connectivity index (χ1) is 15.5. The van der Waals surface area contributed by atoms with E-state index in [1.165, 1.54) is 12.4 Å². The number of benzene rings is 1. The molecule has 0 radical (unpaired) electrons. The van der Waals surface area contributed by atoms with E-state index in [-0.39, 0.29) is 17.9 Å². The van der Waals surface area contributed by atoms with Crippen LogP contribution in [0.3, 0.4) is 0 Å². The Morgan fingerprint density at radius 1 is 1.28 bits per heavy atom. The van der Waals surface area contributed by atoms with E-state index in [2.05, 4.69) is 63.5 Å². The number of aromatic nitrogens is 4. The second-order valence-corrected chi connectivity index (χ2v) is 8.30. The molecule has 0 aliphatic carbocycles. The van der Waals surface area contributed by atoms with Crippen LogP contribution in [0.2, 0.25) is 0 Å². The first-order valence-electron chi connectivity index (χ1n) is 10.6. The lowest BCUT2D eigenvalue weighted by Crippen LogP contribution is -2.38. The summed E-state index contributed by atoms with van der Waals surface area (Å²) in [6, 6.07) is 9.99. The number of carbonyl (C=O) groups excluding carboxylic acids is 1. The highest BCUT2D eigenvalue weighted by atomic mass is 16.1. The van der Waals surface area contributed by atoms with Crippen LogP contribution in [0.15, 0.2) is 61.6 Å². The first kappa shape index (κ1) is 19.9. The molecule has 0 saturated heterocycles. The molecule has 0 fully saturated rings. The summed E-state index contributed by atoms with van der Waals surface area (Å²) in [6.45, 7) is 8.40. The SMILES string of the molecule is C=CC(=O)NC1C=C(C(C)C)c2c(-c3cnc4ccccc4c3)c3c(N)ncnc3n2C1. The third kappa shape index (κ3) is 3.13. The normalized spacial score (nSPS) is 15.6. The number of rotatable bonds is 4. The molecule has 0 saturated carbocycles. The van der Waals surface area contributed by atoms with Gasteiger partial charge >= 0.3 is 0 Å². The molecule has 1 aliphatic heterocycles. The first-order valence-corrected chi connectivity index (χ1v) is 10.6. The number of fused-ring (bicyclic) bond motifs is 4. The standard InChI is InChI=1S/C25H24N6O/c1-4-20(32)30-17-10-18(14(2)3)23-21(16-9-15-7-5-6-8-19(15)27-11-16)22-24(26)28-13-29-25(22)31(23)12-17/h4-11,13-14,17H,1,12H2,2-3H3,(H,30,32)(H2,26,28,29). The number of nitrogens with zero attached hydrogens (tertiary/aromatic N) is 4. The Kier molecular flexibility index (Phi) is 4.74. The van der Waals surface area contributed by atoms with Gasteiger partial charge in [-0.2, -0.15) is 0 Å². The van der Waals surface area contributed by atoms with Gasteiger partial charge in [0, 0.05) is 29.3 Å². The number of para-hydroxylation sites is 1. The van der Waals surface area contributed by atoms with Crippen LogP contribution in [0.25, 0.3) is 38.6 Å². The van der Waals surface area contributed by atoms with E-state index >= 15 is 0 Å². The van der Waals surface area contributed by atoms with Gasteiger partial charge in [0.2, 0.25) is 5.91 Å². The van der Waals surface area contributed by atoms with Crippen LogP contribution in [-0.4, -0.2) is 31.5 Å². The smallest absolute Gasteiger partial charge is 0.243 e. The highest BCUT2D eigenvalue weighted by Gasteiger charge is 2.30. The summed E-state index contributed by atoms with van der Waals surface area (Å²) in [5.74, 6) is 0.431. The van der Waals surface area contributed by atoms with Crippen LogP contribution in [0.1, 0.15) is 19.5 Å². The zero-order chi connectivity index (χ0) is 22.4. The highest BCUT2D eigenvalue weighted by molar-refractivity contribution is 6.07. The molecule has 1 atom stereocenters. The van der Waals surface area contributed by atoms with Crippen molar-refractivity contribution in [1.29, 1.82) is 0 Å². The average Bonchev–Trinajstić information content (AvgIpc) is 3.13. The van der Waals surface area contributed by atoms with Crippen LogP contribution >= 0.6 is 0 Å². The lowest BCUT2D eigenvalue weighted by Gasteiger charge is -2.27. The Morgan fingerprint density at radius 3 is 2.88 bits per heavy atom. The Bertz CT molecular complexity index is 1410. The lowest BCUT2D eigenvalue weighted by atomic mass is 9.90. The summed E-state index contributed by atoms with van der Waals surface area (Å²) in [6.07, 6.45) is 6.78. The maximum Gasteiger partial charge on any atom is 0.243 e. The number of hydrogen-bond acceptors (Lipinski definition) is 5. The summed E-state index contributed by atoms with van der Waals surface area (Å²) in [5, 5.41) is 4.86. The topological polar surface area (TPSA) is 98.7 Å². The molecule has 1 unspecified atom stereocenters. The average molecular weight is 425 g/mol. The fourth-order valence-electron chi connectivity index (χ4n) is 4.50. The molecule has 7 nitrogen and oxygen atoms in total. The number of amides is 1. The number of hydrogen-bond donors (Lipinski definition) is 2. The van der Waals surface area contributed by atoms with E-state index in [0.29, 0.717) is 12.4 Å². The summed E-state index contributed by atoms with van der Waals surface area (Å²) in [4.78, 5) is 25.6. The minimum atomic E-state index is -0.206. The van der Waals surface area contributed by atoms with Crippen molar-refractivity contribution in [2.75, 3.05) is 5.73 Å². The van der Waals surface area contributed by atoms with E-state index in [4.69, 9.17) is 5.73 Å². The van der Waals surface area contributed by atoms with Crippen LogP contribution in [0, 0.1) is 5.92 Å². The van der Waals surface area contributed by atoms with Gasteiger partial charge in [0.1, 0.15) is 17.8 Å². The van der Waals surface area contributed by atoms with Gasteiger partial charge in [-0.25, -0.2) is 9.97 Å². The molecule has 4 heterocycles. The molecule has 0 spiro atoms. The van der Waals surface area contributed by atoms with Crippen molar-refractivity contribution in [2.45, 2.75) is 26.4 Å². The second-order valence-electron chi connectivity index (χ2n) is 8.30. The number of anilines is 1. The molecule has 32 heavy (non-hydrogen) atoms. The fourth-order valence-corrected chi connectivity index (χ4v) is 4.50. The number of carbonyl (C=O) groups is 1. The van der Waals surface area contributed by atoms with Gasteiger partial charge in [0.05, 0.1) is 22.6 Å². The van der Waals surface area contributed by atoms with E-state index in [1.807, 2.05) is 24.4 Å². The molecule has 1 amide bonds. The quantitative estimate of drug-likeness (QED) is 0.483. The molecular weight excluding hydrogens is 400 g/mol. The van der Waals surface area contributed by atoms with Gasteiger partial charge in [-0.15, -0.1) is 0 Å². The third-order valence-corrected chi connectivity index (χ3v) is 5.92. The second kappa shape index (κ2) is 7.60. The Hall–Kier alpha value is -4.00. The van der Waals surface area contributed by atoms with Crippen LogP contribution in [0.4, 0.5) is 5.82 Å². The predicted molar refractivity (Wildman–Crippen MR) is 128 cm³/mol. The van der Waals surface area contributed by atoms with Crippen molar-refractivity contribution in [3.63, 3.8) is 0 Å². The summed E-state index contributed by atoms with van der Waals surface area (Å²) in [7, 11) is 0. The van der Waals surface area contributed by atoms with E-state index in [1.54, 1.807) is 0 Å². The van der Waals surface area contributed by atoms with Crippen LogP contribution in [0.5, 0.6) is 0 Å². The van der Waals surface area contributed by atoms with Crippen molar-refractivity contribution >= 4 is 39.2 Å². The monoisotopic (exact) mass is 424 g/mol. The molecular formula is C25H24N6O. The molecule has 160 valence electrons. The van der Waals surface area contributed by atoms with Gasteiger partial charge in [-0.05, 0) is 29.7 Å². The predicted octanol–water partition coefficient (Wildman–Crippen LogP) is 3.95. The van der Waals surface area contributed by atoms with Gasteiger partial charge in [-0.1, -0.05) is 44.7 Å². The Labute approximate surface area is 185 Å². The Balaban J connectivity index is 1.81. The molecule has 4 aromatic rings. The summed E-state index contributed by atoms with van der Waals surface area (Å²) < 4.78 is 2.14. The number of allylic oxidation sites excluding steroid dienone is 1.